The Morgan fingerprint density at radius 2 is 2.11 bits per heavy atom. The van der Waals surface area contributed by atoms with Crippen molar-refractivity contribution in [2.75, 3.05) is 0 Å². The number of ether oxygens (including phenoxy) is 1. The Morgan fingerprint density at radius 3 is 2.67 bits per heavy atom. The molecule has 96 valence electrons. The highest BCUT2D eigenvalue weighted by molar-refractivity contribution is 6.32. The predicted molar refractivity (Wildman–Crippen MR) is 73.7 cm³/mol. The van der Waals surface area contributed by atoms with Crippen molar-refractivity contribution >= 4 is 23.2 Å². The average molecular weight is 285 g/mol. The molecular weight excluding hydrogens is 271 g/mol. The van der Waals surface area contributed by atoms with Crippen LogP contribution in [0.5, 0.6) is 11.5 Å². The molecule has 3 nitrogen and oxygen atoms in total. The van der Waals surface area contributed by atoms with Crippen molar-refractivity contribution in [3.8, 4) is 11.5 Å². The number of rotatable bonds is 4. The van der Waals surface area contributed by atoms with E-state index in [0.29, 0.717) is 28.4 Å². The van der Waals surface area contributed by atoms with Gasteiger partial charge in [-0.3, -0.25) is 4.68 Å². The van der Waals surface area contributed by atoms with Crippen LogP contribution in [0.3, 0.4) is 0 Å². The van der Waals surface area contributed by atoms with Gasteiger partial charge < -0.3 is 4.74 Å². The zero-order valence-electron chi connectivity index (χ0n) is 10.2. The van der Waals surface area contributed by atoms with Crippen molar-refractivity contribution in [2.24, 2.45) is 0 Å². The smallest absolute Gasteiger partial charge is 0.165 e. The molecule has 18 heavy (non-hydrogen) atoms. The van der Waals surface area contributed by atoms with Crippen molar-refractivity contribution in [3.63, 3.8) is 0 Å². The molecule has 1 aromatic carbocycles. The van der Waals surface area contributed by atoms with Gasteiger partial charge in [0.05, 0.1) is 12.4 Å². The van der Waals surface area contributed by atoms with Crippen LogP contribution in [0.1, 0.15) is 25.5 Å². The van der Waals surface area contributed by atoms with Gasteiger partial charge in [-0.05, 0) is 31.5 Å². The maximum Gasteiger partial charge on any atom is 0.165 e. The molecule has 1 heterocycles. The largest absolute Gasteiger partial charge is 0.454 e. The number of alkyl halides is 1. The Labute approximate surface area is 116 Å². The molecule has 0 amide bonds. The summed E-state index contributed by atoms with van der Waals surface area (Å²) in [5.41, 5.74) is 0.892. The van der Waals surface area contributed by atoms with Crippen LogP contribution in [0.2, 0.25) is 5.02 Å². The van der Waals surface area contributed by atoms with Crippen molar-refractivity contribution < 1.29 is 4.74 Å². The molecule has 0 atom stereocenters. The molecule has 0 aliphatic carbocycles. The summed E-state index contributed by atoms with van der Waals surface area (Å²) in [6.45, 7) is 4.12. The Balaban J connectivity index is 2.15. The van der Waals surface area contributed by atoms with E-state index in [9.17, 15) is 0 Å². The predicted octanol–water partition coefficient (Wildman–Crippen LogP) is 4.65. The van der Waals surface area contributed by atoms with E-state index >= 15 is 0 Å². The second-order valence-electron chi connectivity index (χ2n) is 4.24. The third-order valence-corrected chi connectivity index (χ3v) is 3.15. The van der Waals surface area contributed by atoms with Gasteiger partial charge in [-0.2, -0.15) is 5.10 Å². The monoisotopic (exact) mass is 284 g/mol. The number of hydrogen-bond acceptors (Lipinski definition) is 2. The molecule has 0 spiro atoms. The standard InChI is InChI=1S/C13H14Cl2N2O/c1-9(2)17-8-12(7-16-17)18-11-4-3-10(6-14)13(15)5-11/h3-5,7-9H,6H2,1-2H3. The lowest BCUT2D eigenvalue weighted by molar-refractivity contribution is 0.477. The van der Waals surface area contributed by atoms with E-state index in [4.69, 9.17) is 27.9 Å². The van der Waals surface area contributed by atoms with Crippen LogP contribution in [0, 0.1) is 0 Å². The van der Waals surface area contributed by atoms with Crippen LogP contribution in [0.4, 0.5) is 0 Å². The summed E-state index contributed by atoms with van der Waals surface area (Å²) in [7, 11) is 0. The van der Waals surface area contributed by atoms with Crippen molar-refractivity contribution in [1.29, 1.82) is 0 Å². The summed E-state index contributed by atoms with van der Waals surface area (Å²) in [5.74, 6) is 1.76. The van der Waals surface area contributed by atoms with Gasteiger partial charge in [0.1, 0.15) is 5.75 Å². The maximum atomic E-state index is 6.07. The lowest BCUT2D eigenvalue weighted by atomic mass is 10.2. The van der Waals surface area contributed by atoms with Crippen LogP contribution >= 0.6 is 23.2 Å². The third-order valence-electron chi connectivity index (χ3n) is 2.51. The van der Waals surface area contributed by atoms with Gasteiger partial charge in [0.25, 0.3) is 0 Å². The summed E-state index contributed by atoms with van der Waals surface area (Å²) in [5, 5.41) is 4.82. The van der Waals surface area contributed by atoms with Gasteiger partial charge in [0, 0.05) is 16.9 Å². The van der Waals surface area contributed by atoms with Crippen LogP contribution in [-0.2, 0) is 5.88 Å². The number of nitrogens with zero attached hydrogens (tertiary/aromatic N) is 2. The fourth-order valence-corrected chi connectivity index (χ4v) is 2.03. The van der Waals surface area contributed by atoms with Crippen LogP contribution < -0.4 is 4.74 Å². The number of aromatic nitrogens is 2. The average Bonchev–Trinajstić information content (AvgIpc) is 2.78. The molecule has 0 aliphatic heterocycles. The van der Waals surface area contributed by atoms with E-state index in [1.807, 2.05) is 23.0 Å². The molecule has 0 bridgehead atoms. The SMILES string of the molecule is CC(C)n1cc(Oc2ccc(CCl)c(Cl)c2)cn1. The third kappa shape index (κ3) is 2.98. The molecular formula is C13H14Cl2N2O. The Hall–Kier alpha value is -1.19. The topological polar surface area (TPSA) is 27.1 Å². The van der Waals surface area contributed by atoms with E-state index in [1.165, 1.54) is 0 Å². The minimum absolute atomic E-state index is 0.310. The quantitative estimate of drug-likeness (QED) is 0.765. The first-order chi connectivity index (χ1) is 8.60. The van der Waals surface area contributed by atoms with Crippen LogP contribution in [0.15, 0.2) is 30.6 Å². The fraction of sp³-hybridized carbons (Fsp3) is 0.308. The molecule has 0 N–H and O–H groups in total. The van der Waals surface area contributed by atoms with Crippen molar-refractivity contribution in [2.45, 2.75) is 25.8 Å². The summed E-state index contributed by atoms with van der Waals surface area (Å²) in [6.07, 6.45) is 3.54. The molecule has 0 unspecified atom stereocenters. The maximum absolute atomic E-state index is 6.07. The van der Waals surface area contributed by atoms with Crippen molar-refractivity contribution in [1.82, 2.24) is 9.78 Å². The minimum atomic E-state index is 0.310. The molecule has 1 aromatic heterocycles. The van der Waals surface area contributed by atoms with Gasteiger partial charge >= 0.3 is 0 Å². The first-order valence-corrected chi connectivity index (χ1v) is 6.58. The van der Waals surface area contributed by atoms with Crippen LogP contribution in [0.25, 0.3) is 0 Å². The van der Waals surface area contributed by atoms with Crippen molar-refractivity contribution in [3.05, 3.63) is 41.2 Å². The van der Waals surface area contributed by atoms with Gasteiger partial charge in [0.15, 0.2) is 5.75 Å². The van der Waals surface area contributed by atoms with Gasteiger partial charge in [-0.1, -0.05) is 17.7 Å². The second kappa shape index (κ2) is 5.63. The van der Waals surface area contributed by atoms with Crippen LogP contribution in [-0.4, -0.2) is 9.78 Å². The molecule has 0 saturated carbocycles. The summed E-state index contributed by atoms with van der Waals surface area (Å²) < 4.78 is 7.52. The summed E-state index contributed by atoms with van der Waals surface area (Å²) >= 11 is 11.8. The lowest BCUT2D eigenvalue weighted by Gasteiger charge is -2.06. The van der Waals surface area contributed by atoms with Gasteiger partial charge in [-0.25, -0.2) is 0 Å². The summed E-state index contributed by atoms with van der Waals surface area (Å²) in [6, 6.07) is 5.77. The molecule has 5 heteroatoms. The molecule has 0 aliphatic rings. The first-order valence-electron chi connectivity index (χ1n) is 5.66. The molecule has 0 saturated heterocycles. The van der Waals surface area contributed by atoms with E-state index in [1.54, 1.807) is 12.3 Å². The number of halogens is 2. The Morgan fingerprint density at radius 1 is 1.33 bits per heavy atom. The molecule has 0 fully saturated rings. The zero-order valence-corrected chi connectivity index (χ0v) is 11.7. The van der Waals surface area contributed by atoms with Gasteiger partial charge in [-0.15, -0.1) is 11.6 Å². The van der Waals surface area contributed by atoms with E-state index in [-0.39, 0.29) is 0 Å². The minimum Gasteiger partial charge on any atom is -0.454 e. The molecule has 0 radical (unpaired) electrons. The fourth-order valence-electron chi connectivity index (χ4n) is 1.49. The highest BCUT2D eigenvalue weighted by atomic mass is 35.5. The van der Waals surface area contributed by atoms with E-state index < -0.39 is 0 Å². The normalized spacial score (nSPS) is 10.9. The van der Waals surface area contributed by atoms with E-state index in [0.717, 1.165) is 5.56 Å². The molecule has 2 rings (SSSR count). The number of hydrogen-bond donors (Lipinski definition) is 0. The molecule has 2 aromatic rings. The Kier molecular flexibility index (Phi) is 4.15. The highest BCUT2D eigenvalue weighted by Gasteiger charge is 2.06. The Bertz CT molecular complexity index is 538. The van der Waals surface area contributed by atoms with E-state index in [2.05, 4.69) is 18.9 Å². The highest BCUT2D eigenvalue weighted by Crippen LogP contribution is 2.27. The number of benzene rings is 1. The zero-order chi connectivity index (χ0) is 13.1. The van der Waals surface area contributed by atoms with Gasteiger partial charge in [0.2, 0.25) is 0 Å². The second-order valence-corrected chi connectivity index (χ2v) is 4.91. The lowest BCUT2D eigenvalue weighted by Crippen LogP contribution is -1.99. The first kappa shape index (κ1) is 13.2. The summed E-state index contributed by atoms with van der Waals surface area (Å²) in [4.78, 5) is 0.